The molecule has 0 aromatic carbocycles. The van der Waals surface area contributed by atoms with Crippen LogP contribution >= 0.6 is 11.6 Å². The second-order valence-electron chi connectivity index (χ2n) is 5.51. The van der Waals surface area contributed by atoms with Crippen molar-refractivity contribution in [3.05, 3.63) is 17.3 Å². The summed E-state index contributed by atoms with van der Waals surface area (Å²) in [6.07, 6.45) is 4.69. The Balaban J connectivity index is 2.00. The Morgan fingerprint density at radius 2 is 2.00 bits per heavy atom. The molecule has 1 aromatic heterocycles. The molecule has 1 fully saturated rings. The number of hydrogen-bond acceptors (Lipinski definition) is 3. The maximum Gasteiger partial charge on any atom is 0.238 e. The summed E-state index contributed by atoms with van der Waals surface area (Å²) in [6.45, 7) is 4.60. The van der Waals surface area contributed by atoms with Crippen LogP contribution in [0.2, 0.25) is 5.15 Å². The van der Waals surface area contributed by atoms with Gasteiger partial charge in [0, 0.05) is 0 Å². The van der Waals surface area contributed by atoms with Gasteiger partial charge in [0.1, 0.15) is 11.3 Å². The predicted octanol–water partition coefficient (Wildman–Crippen LogP) is 3.66. The van der Waals surface area contributed by atoms with Crippen molar-refractivity contribution >= 4 is 17.3 Å². The van der Waals surface area contributed by atoms with Gasteiger partial charge >= 0.3 is 0 Å². The van der Waals surface area contributed by atoms with Crippen molar-refractivity contribution in [2.75, 3.05) is 5.73 Å². The first-order valence-corrected chi connectivity index (χ1v) is 6.43. The number of rotatable bonds is 2. The van der Waals surface area contributed by atoms with Gasteiger partial charge in [-0.2, -0.15) is 4.98 Å². The summed E-state index contributed by atoms with van der Waals surface area (Å²) >= 11 is 5.83. The Labute approximate surface area is 107 Å². The SMILES string of the molecule is CC1(C)CCC(Oc2nc(Cl)ccc2N)CC1. The van der Waals surface area contributed by atoms with Crippen molar-refractivity contribution in [2.45, 2.75) is 45.6 Å². The number of ether oxygens (including phenoxy) is 1. The van der Waals surface area contributed by atoms with Gasteiger partial charge in [0.2, 0.25) is 5.88 Å². The molecule has 0 amide bonds. The van der Waals surface area contributed by atoms with Crippen LogP contribution in [0.15, 0.2) is 12.1 Å². The average molecular weight is 255 g/mol. The summed E-state index contributed by atoms with van der Waals surface area (Å²) in [5, 5.41) is 0.422. The quantitative estimate of drug-likeness (QED) is 0.820. The summed E-state index contributed by atoms with van der Waals surface area (Å²) in [6, 6.07) is 3.41. The van der Waals surface area contributed by atoms with Crippen molar-refractivity contribution in [2.24, 2.45) is 5.41 Å². The monoisotopic (exact) mass is 254 g/mol. The van der Waals surface area contributed by atoms with Crippen molar-refractivity contribution in [1.29, 1.82) is 0 Å². The van der Waals surface area contributed by atoms with E-state index < -0.39 is 0 Å². The van der Waals surface area contributed by atoms with E-state index in [4.69, 9.17) is 22.1 Å². The van der Waals surface area contributed by atoms with Gasteiger partial charge in [-0.3, -0.25) is 0 Å². The summed E-state index contributed by atoms with van der Waals surface area (Å²) in [5.41, 5.74) is 6.81. The van der Waals surface area contributed by atoms with E-state index in [1.54, 1.807) is 12.1 Å². The van der Waals surface area contributed by atoms with E-state index in [0.29, 0.717) is 22.1 Å². The minimum Gasteiger partial charge on any atom is -0.473 e. The van der Waals surface area contributed by atoms with E-state index in [0.717, 1.165) is 12.8 Å². The standard InChI is InChI=1S/C13H19ClN2O/c1-13(2)7-5-9(6-8-13)17-12-10(15)3-4-11(14)16-12/h3-4,9H,5-8,15H2,1-2H3. The van der Waals surface area contributed by atoms with Crippen LogP contribution in [0.3, 0.4) is 0 Å². The molecule has 0 unspecified atom stereocenters. The van der Waals surface area contributed by atoms with Crippen LogP contribution in [-0.2, 0) is 0 Å². The minimum absolute atomic E-state index is 0.219. The van der Waals surface area contributed by atoms with E-state index in [-0.39, 0.29) is 6.10 Å². The molecule has 0 aliphatic heterocycles. The first-order valence-electron chi connectivity index (χ1n) is 6.05. The predicted molar refractivity (Wildman–Crippen MR) is 70.3 cm³/mol. The fourth-order valence-electron chi connectivity index (χ4n) is 2.17. The van der Waals surface area contributed by atoms with E-state index in [1.165, 1.54) is 12.8 Å². The lowest BCUT2D eigenvalue weighted by molar-refractivity contribution is 0.0956. The number of hydrogen-bond donors (Lipinski definition) is 1. The molecule has 1 aliphatic carbocycles. The molecule has 3 nitrogen and oxygen atoms in total. The van der Waals surface area contributed by atoms with Crippen molar-refractivity contribution in [3.63, 3.8) is 0 Å². The van der Waals surface area contributed by atoms with Crippen LogP contribution in [0.4, 0.5) is 5.69 Å². The van der Waals surface area contributed by atoms with Crippen LogP contribution in [0.1, 0.15) is 39.5 Å². The molecule has 0 saturated heterocycles. The average Bonchev–Trinajstić information content (AvgIpc) is 2.26. The lowest BCUT2D eigenvalue weighted by atomic mass is 9.76. The van der Waals surface area contributed by atoms with Crippen LogP contribution in [0, 0.1) is 5.41 Å². The number of anilines is 1. The van der Waals surface area contributed by atoms with Crippen LogP contribution in [-0.4, -0.2) is 11.1 Å². The van der Waals surface area contributed by atoms with Gasteiger partial charge in [-0.05, 0) is 43.2 Å². The lowest BCUT2D eigenvalue weighted by Crippen LogP contribution is -2.28. The van der Waals surface area contributed by atoms with Gasteiger partial charge in [-0.1, -0.05) is 25.4 Å². The van der Waals surface area contributed by atoms with E-state index in [9.17, 15) is 0 Å². The molecule has 4 heteroatoms. The normalized spacial score (nSPS) is 20.2. The molecule has 0 radical (unpaired) electrons. The number of nitrogens with two attached hydrogens (primary N) is 1. The highest BCUT2D eigenvalue weighted by Crippen LogP contribution is 2.37. The summed E-state index contributed by atoms with van der Waals surface area (Å²) < 4.78 is 5.84. The van der Waals surface area contributed by atoms with Crippen molar-refractivity contribution < 1.29 is 4.74 Å². The zero-order chi connectivity index (χ0) is 12.5. The molecule has 0 atom stereocenters. The summed E-state index contributed by atoms with van der Waals surface area (Å²) in [5.74, 6) is 0.474. The fraction of sp³-hybridized carbons (Fsp3) is 0.615. The maximum atomic E-state index is 5.84. The highest BCUT2D eigenvalue weighted by Gasteiger charge is 2.28. The van der Waals surface area contributed by atoms with Gasteiger partial charge in [-0.25, -0.2) is 0 Å². The summed E-state index contributed by atoms with van der Waals surface area (Å²) in [7, 11) is 0. The van der Waals surface area contributed by atoms with Crippen molar-refractivity contribution in [3.8, 4) is 5.88 Å². The first-order chi connectivity index (χ1) is 7.96. The Morgan fingerprint density at radius 3 is 2.65 bits per heavy atom. The molecule has 0 bridgehead atoms. The topological polar surface area (TPSA) is 48.1 Å². The van der Waals surface area contributed by atoms with Gasteiger partial charge in [0.25, 0.3) is 0 Å². The zero-order valence-electron chi connectivity index (χ0n) is 10.4. The van der Waals surface area contributed by atoms with Gasteiger partial charge in [-0.15, -0.1) is 0 Å². The fourth-order valence-corrected chi connectivity index (χ4v) is 2.31. The Hall–Kier alpha value is -0.960. The largest absolute Gasteiger partial charge is 0.473 e. The number of halogens is 1. The molecule has 17 heavy (non-hydrogen) atoms. The second-order valence-corrected chi connectivity index (χ2v) is 5.90. The molecule has 2 N–H and O–H groups in total. The maximum absolute atomic E-state index is 5.84. The Morgan fingerprint density at radius 1 is 1.35 bits per heavy atom. The molecule has 1 heterocycles. The van der Waals surface area contributed by atoms with Gasteiger partial charge < -0.3 is 10.5 Å². The Bertz CT molecular complexity index is 396. The van der Waals surface area contributed by atoms with E-state index in [2.05, 4.69) is 18.8 Å². The number of pyridine rings is 1. The Kier molecular flexibility index (Phi) is 3.48. The third-order valence-corrected chi connectivity index (χ3v) is 3.63. The third kappa shape index (κ3) is 3.25. The molecule has 1 aliphatic rings. The van der Waals surface area contributed by atoms with E-state index >= 15 is 0 Å². The van der Waals surface area contributed by atoms with Gasteiger partial charge in [0.15, 0.2) is 0 Å². The van der Waals surface area contributed by atoms with E-state index in [1.807, 2.05) is 0 Å². The third-order valence-electron chi connectivity index (χ3n) is 3.42. The molecule has 0 spiro atoms. The van der Waals surface area contributed by atoms with Gasteiger partial charge in [0.05, 0.1) is 5.69 Å². The summed E-state index contributed by atoms with van der Waals surface area (Å²) in [4.78, 5) is 4.12. The molecule has 1 aromatic rings. The van der Waals surface area contributed by atoms with Crippen LogP contribution < -0.4 is 10.5 Å². The van der Waals surface area contributed by atoms with Crippen molar-refractivity contribution in [1.82, 2.24) is 4.98 Å². The van der Waals surface area contributed by atoms with Crippen LogP contribution in [0.5, 0.6) is 5.88 Å². The number of nitrogens with zero attached hydrogens (tertiary/aromatic N) is 1. The first kappa shape index (κ1) is 12.5. The second kappa shape index (κ2) is 4.73. The molecular formula is C13H19ClN2O. The minimum atomic E-state index is 0.219. The molecule has 1 saturated carbocycles. The lowest BCUT2D eigenvalue weighted by Gasteiger charge is -2.34. The zero-order valence-corrected chi connectivity index (χ0v) is 11.1. The molecule has 94 valence electrons. The number of nitrogen functional groups attached to an aromatic ring is 1. The smallest absolute Gasteiger partial charge is 0.238 e. The van der Waals surface area contributed by atoms with Crippen LogP contribution in [0.25, 0.3) is 0 Å². The molecular weight excluding hydrogens is 236 g/mol. The molecule has 2 rings (SSSR count). The highest BCUT2D eigenvalue weighted by atomic mass is 35.5. The highest BCUT2D eigenvalue weighted by molar-refractivity contribution is 6.29. The number of aromatic nitrogens is 1.